The van der Waals surface area contributed by atoms with Crippen LogP contribution in [-0.2, 0) is 13.6 Å². The maximum absolute atomic E-state index is 5.68. The van der Waals surface area contributed by atoms with Crippen LogP contribution < -0.4 is 15.8 Å². The fourth-order valence-corrected chi connectivity index (χ4v) is 1.52. The van der Waals surface area contributed by atoms with Gasteiger partial charge in [0.1, 0.15) is 0 Å². The number of aryl methyl sites for hydroxylation is 2. The zero-order valence-electron chi connectivity index (χ0n) is 10.5. The normalized spacial score (nSPS) is 11.4. The Hall–Kier alpha value is -1.98. The van der Waals surface area contributed by atoms with Crippen molar-refractivity contribution in [1.29, 1.82) is 0 Å². The van der Waals surface area contributed by atoms with Gasteiger partial charge in [0.2, 0.25) is 5.88 Å². The Morgan fingerprint density at radius 1 is 1.71 bits per heavy atom. The van der Waals surface area contributed by atoms with E-state index in [1.54, 1.807) is 17.9 Å². The lowest BCUT2D eigenvalue weighted by Crippen LogP contribution is -2.31. The van der Waals surface area contributed by atoms with Gasteiger partial charge in [-0.3, -0.25) is 0 Å². The van der Waals surface area contributed by atoms with Crippen molar-refractivity contribution in [3.63, 3.8) is 0 Å². The zero-order chi connectivity index (χ0) is 12.8. The van der Waals surface area contributed by atoms with Crippen LogP contribution in [0, 0.1) is 6.92 Å². The molecule has 0 aromatic carbocycles. The Labute approximate surface area is 101 Å². The van der Waals surface area contributed by atoms with E-state index in [4.69, 9.17) is 10.5 Å². The number of rotatable bonds is 5. The third kappa shape index (κ3) is 3.24. The summed E-state index contributed by atoms with van der Waals surface area (Å²) in [5.74, 6) is 1.10. The Bertz CT molecular complexity index is 422. The van der Waals surface area contributed by atoms with Gasteiger partial charge in [0, 0.05) is 13.6 Å². The Kier molecular flexibility index (Phi) is 4.56. The fourth-order valence-electron chi connectivity index (χ4n) is 1.52. The molecule has 0 bridgehead atoms. The lowest BCUT2D eigenvalue weighted by Gasteiger charge is -2.04. The van der Waals surface area contributed by atoms with Gasteiger partial charge in [-0.25, -0.2) is 9.67 Å². The van der Waals surface area contributed by atoms with Crippen LogP contribution in [0.1, 0.15) is 11.3 Å². The van der Waals surface area contributed by atoms with E-state index in [0.29, 0.717) is 24.9 Å². The smallest absolute Gasteiger partial charge is 0.216 e. The molecule has 0 radical (unpaired) electrons. The topological polar surface area (TPSA) is 77.5 Å². The van der Waals surface area contributed by atoms with Crippen molar-refractivity contribution in [3.8, 4) is 5.88 Å². The minimum Gasteiger partial charge on any atom is -0.481 e. The van der Waals surface area contributed by atoms with Crippen LogP contribution in [0.5, 0.6) is 5.88 Å². The van der Waals surface area contributed by atoms with E-state index in [1.807, 2.05) is 14.0 Å². The van der Waals surface area contributed by atoms with Crippen LogP contribution in [0.3, 0.4) is 0 Å². The maximum Gasteiger partial charge on any atom is 0.216 e. The number of hydrogen-bond acceptors (Lipinski definition) is 3. The van der Waals surface area contributed by atoms with Gasteiger partial charge in [0.05, 0.1) is 24.9 Å². The predicted molar refractivity (Wildman–Crippen MR) is 68.0 cm³/mol. The quantitative estimate of drug-likeness (QED) is 0.439. The highest BCUT2D eigenvalue weighted by molar-refractivity contribution is 5.77. The van der Waals surface area contributed by atoms with Gasteiger partial charge in [-0.15, -0.1) is 6.58 Å². The van der Waals surface area contributed by atoms with Crippen molar-refractivity contribution in [3.05, 3.63) is 23.9 Å². The zero-order valence-corrected chi connectivity index (χ0v) is 10.5. The largest absolute Gasteiger partial charge is 0.481 e. The van der Waals surface area contributed by atoms with E-state index < -0.39 is 0 Å². The van der Waals surface area contributed by atoms with Gasteiger partial charge < -0.3 is 15.8 Å². The van der Waals surface area contributed by atoms with Crippen molar-refractivity contribution < 1.29 is 4.74 Å². The molecule has 0 aliphatic carbocycles. The predicted octanol–water partition coefficient (Wildman–Crippen LogP) is 0.327. The highest BCUT2D eigenvalue weighted by Gasteiger charge is 2.12. The fraction of sp³-hybridized carbons (Fsp3) is 0.455. The molecule has 94 valence electrons. The number of nitrogens with two attached hydrogens (primary N) is 1. The van der Waals surface area contributed by atoms with Crippen LogP contribution in [0.15, 0.2) is 17.6 Å². The molecule has 1 heterocycles. The van der Waals surface area contributed by atoms with E-state index in [9.17, 15) is 0 Å². The Morgan fingerprint density at radius 2 is 2.41 bits per heavy atom. The molecule has 0 saturated carbocycles. The van der Waals surface area contributed by atoms with E-state index >= 15 is 0 Å². The van der Waals surface area contributed by atoms with Crippen molar-refractivity contribution in [2.75, 3.05) is 13.7 Å². The number of ether oxygens (including phenoxy) is 1. The first-order valence-corrected chi connectivity index (χ1v) is 5.31. The summed E-state index contributed by atoms with van der Waals surface area (Å²) in [6.07, 6.45) is 1.72. The summed E-state index contributed by atoms with van der Waals surface area (Å²) in [5, 5.41) is 7.17. The first-order chi connectivity index (χ1) is 8.10. The molecule has 0 fully saturated rings. The lowest BCUT2D eigenvalue weighted by molar-refractivity contribution is 0.369. The average Bonchev–Trinajstić information content (AvgIpc) is 2.57. The minimum atomic E-state index is 0.384. The van der Waals surface area contributed by atoms with E-state index in [1.165, 1.54) is 0 Å². The third-order valence-corrected chi connectivity index (χ3v) is 2.32. The molecule has 0 spiro atoms. The number of nitrogens with one attached hydrogen (secondary N) is 1. The molecule has 1 aromatic rings. The van der Waals surface area contributed by atoms with Crippen LogP contribution in [-0.4, -0.2) is 29.4 Å². The van der Waals surface area contributed by atoms with Gasteiger partial charge >= 0.3 is 0 Å². The molecule has 0 unspecified atom stereocenters. The average molecular weight is 237 g/mol. The third-order valence-electron chi connectivity index (χ3n) is 2.32. The molecule has 0 saturated heterocycles. The molecule has 6 heteroatoms. The van der Waals surface area contributed by atoms with Crippen LogP contribution in [0.2, 0.25) is 0 Å². The second-order valence-electron chi connectivity index (χ2n) is 3.57. The molecule has 1 rings (SSSR count). The summed E-state index contributed by atoms with van der Waals surface area (Å²) in [6.45, 7) is 6.55. The summed E-state index contributed by atoms with van der Waals surface area (Å²) in [6, 6.07) is 0. The van der Waals surface area contributed by atoms with Crippen LogP contribution >= 0.6 is 0 Å². The van der Waals surface area contributed by atoms with Crippen molar-refractivity contribution >= 4 is 5.96 Å². The highest BCUT2D eigenvalue weighted by Crippen LogP contribution is 2.21. The maximum atomic E-state index is 5.68. The standard InChI is InChI=1S/C11H19N5O/c1-5-6-13-11(12)14-7-9-8(2)15-16(3)10(9)17-4/h5H,1,6-7H2,2-4H3,(H3,12,13,14). The number of hydrogen-bond donors (Lipinski definition) is 2. The SMILES string of the molecule is C=CCNC(N)=NCc1c(C)nn(C)c1OC. The molecule has 1 aromatic heterocycles. The van der Waals surface area contributed by atoms with Crippen molar-refractivity contribution in [2.24, 2.45) is 17.8 Å². The minimum absolute atomic E-state index is 0.384. The van der Waals surface area contributed by atoms with Crippen molar-refractivity contribution in [1.82, 2.24) is 15.1 Å². The second kappa shape index (κ2) is 5.93. The molecular formula is C11H19N5O. The number of methoxy groups -OCH3 is 1. The Morgan fingerprint density at radius 3 is 3.00 bits per heavy atom. The summed E-state index contributed by atoms with van der Waals surface area (Å²) in [4.78, 5) is 4.22. The molecule has 17 heavy (non-hydrogen) atoms. The first kappa shape index (κ1) is 13.1. The highest BCUT2D eigenvalue weighted by atomic mass is 16.5. The second-order valence-corrected chi connectivity index (χ2v) is 3.57. The number of nitrogens with zero attached hydrogens (tertiary/aromatic N) is 3. The monoisotopic (exact) mass is 237 g/mol. The summed E-state index contributed by atoms with van der Waals surface area (Å²) in [5.41, 5.74) is 7.52. The van der Waals surface area contributed by atoms with Crippen LogP contribution in [0.25, 0.3) is 0 Å². The van der Waals surface area contributed by atoms with Gasteiger partial charge in [0.15, 0.2) is 5.96 Å². The van der Waals surface area contributed by atoms with Crippen LogP contribution in [0.4, 0.5) is 0 Å². The van der Waals surface area contributed by atoms with E-state index in [-0.39, 0.29) is 0 Å². The molecule has 0 aliphatic rings. The van der Waals surface area contributed by atoms with Gasteiger partial charge in [-0.05, 0) is 6.92 Å². The lowest BCUT2D eigenvalue weighted by atomic mass is 10.2. The molecule has 3 N–H and O–H groups in total. The molecule has 6 nitrogen and oxygen atoms in total. The number of guanidine groups is 1. The van der Waals surface area contributed by atoms with Gasteiger partial charge in [-0.1, -0.05) is 6.08 Å². The van der Waals surface area contributed by atoms with E-state index in [2.05, 4.69) is 22.0 Å². The molecular weight excluding hydrogens is 218 g/mol. The summed E-state index contributed by atoms with van der Waals surface area (Å²) < 4.78 is 6.95. The number of aromatic nitrogens is 2. The first-order valence-electron chi connectivity index (χ1n) is 5.31. The summed E-state index contributed by atoms with van der Waals surface area (Å²) >= 11 is 0. The molecule has 0 amide bonds. The van der Waals surface area contributed by atoms with Gasteiger partial charge in [0.25, 0.3) is 0 Å². The number of aliphatic imine (C=N–C) groups is 1. The van der Waals surface area contributed by atoms with Crippen molar-refractivity contribution in [2.45, 2.75) is 13.5 Å². The van der Waals surface area contributed by atoms with Gasteiger partial charge in [-0.2, -0.15) is 5.10 Å². The van der Waals surface area contributed by atoms with E-state index in [0.717, 1.165) is 11.3 Å². The molecule has 0 aliphatic heterocycles. The molecule has 0 atom stereocenters. The Balaban J connectivity index is 2.77. The summed E-state index contributed by atoms with van der Waals surface area (Å²) in [7, 11) is 3.45.